The Labute approximate surface area is 482 Å². The average molecular weight is 1100 g/mol. The van der Waals surface area contributed by atoms with Gasteiger partial charge in [0.2, 0.25) is 0 Å². The van der Waals surface area contributed by atoms with Crippen LogP contribution in [0.4, 0.5) is 0 Å². The molecule has 0 aliphatic heterocycles. The molecule has 0 saturated heterocycles. The summed E-state index contributed by atoms with van der Waals surface area (Å²) >= 11 is 0. The molecule has 0 radical (unpaired) electrons. The summed E-state index contributed by atoms with van der Waals surface area (Å²) in [6, 6.07) is 41.4. The fraction of sp³-hybridized carbons (Fsp3) is 0.361. The van der Waals surface area contributed by atoms with Gasteiger partial charge < -0.3 is 28.8 Å². The summed E-state index contributed by atoms with van der Waals surface area (Å²) in [5, 5.41) is 10.2. The first-order valence-corrected chi connectivity index (χ1v) is 28.8. The Kier molecular flexibility index (Phi) is 15.1. The second-order valence-corrected chi connectivity index (χ2v) is 24.0. The summed E-state index contributed by atoms with van der Waals surface area (Å²) in [7, 11) is 5.19. The quantitative estimate of drug-likeness (QED) is 0.104. The van der Waals surface area contributed by atoms with Crippen LogP contribution < -0.4 is 9.47 Å². The predicted molar refractivity (Wildman–Crippen MR) is 317 cm³/mol. The maximum absolute atomic E-state index is 13.7. The van der Waals surface area contributed by atoms with Crippen molar-refractivity contribution in [1.29, 1.82) is 0 Å². The monoisotopic (exact) mass is 1100 g/mol. The summed E-state index contributed by atoms with van der Waals surface area (Å²) in [4.78, 5) is 51.8. The molecule has 10 heteroatoms. The van der Waals surface area contributed by atoms with Gasteiger partial charge >= 0.3 is 5.97 Å². The molecule has 1 N–H and O–H groups in total. The van der Waals surface area contributed by atoms with Crippen LogP contribution in [0.15, 0.2) is 121 Å². The number of hydrogen-bond donors (Lipinski definition) is 1. The van der Waals surface area contributed by atoms with Crippen LogP contribution in [0.1, 0.15) is 127 Å². The van der Waals surface area contributed by atoms with Gasteiger partial charge in [0.1, 0.15) is 23.9 Å². The molecule has 0 aromatic heterocycles. The molecule has 0 amide bonds. The van der Waals surface area contributed by atoms with Crippen molar-refractivity contribution in [2.24, 2.45) is 17.8 Å². The molecule has 6 aliphatic rings. The van der Waals surface area contributed by atoms with E-state index >= 15 is 0 Å². The number of ketones is 3. The Bertz CT molecular complexity index is 3640. The van der Waals surface area contributed by atoms with Gasteiger partial charge in [0.05, 0.1) is 34.6 Å². The number of fused-ring (bicyclic) bond motifs is 6. The van der Waals surface area contributed by atoms with Crippen molar-refractivity contribution in [3.8, 4) is 17.2 Å². The highest BCUT2D eigenvalue weighted by molar-refractivity contribution is 6.06. The van der Waals surface area contributed by atoms with E-state index < -0.39 is 16.8 Å². The zero-order valence-electron chi connectivity index (χ0n) is 49.0. The maximum Gasteiger partial charge on any atom is 0.308 e. The molecule has 13 rings (SSSR count). The van der Waals surface area contributed by atoms with E-state index in [1.165, 1.54) is 40.3 Å². The van der Waals surface area contributed by atoms with Gasteiger partial charge in [0.25, 0.3) is 0 Å². The van der Waals surface area contributed by atoms with Crippen molar-refractivity contribution < 1.29 is 48.0 Å². The first-order valence-electron chi connectivity index (χ1n) is 28.8. The number of Topliss-reactive ketones (excluding diaryl/α,β-unsaturated/α-hetero) is 3. The maximum atomic E-state index is 13.7. The number of carbonyl (C=O) groups is 4. The molecule has 0 bridgehead atoms. The number of phenolic OH excluding ortho intramolecular Hbond substituents is 1. The topological polar surface area (TPSA) is 135 Å². The Hall–Kier alpha value is -7.50. The van der Waals surface area contributed by atoms with Crippen LogP contribution in [0.3, 0.4) is 0 Å². The number of carbonyl (C=O) groups excluding carboxylic acids is 4. The standard InChI is InChI=1S/C28H28O3.C23H24O4.C21H22O3/c1-18-13-23-14-24(28(30-3)15-21-11-7-8-12-22(21)16-28)26(29)25(23)19(2)27(18)31-17-20-9-5-4-6-10-20;1-13-9-18-10-19(21(25)20(18)14(2)22(13)27-15(3)24)23(26-4)11-16-7-5-6-8-17(16)12-23;1-12-8-16-9-17(20(23)18(16)13(2)19(12)22)21(24-3)10-14-6-4-5-7-15(14)11-21/h4-13,24H,14-17H2,1-3H3;5-9,19H,10-12H2,1-4H3;4-8,17,22H,9-11H2,1-3H3. The summed E-state index contributed by atoms with van der Waals surface area (Å²) in [5.74, 6) is 1.05. The van der Waals surface area contributed by atoms with Crippen molar-refractivity contribution in [3.05, 3.63) is 227 Å². The number of esters is 1. The van der Waals surface area contributed by atoms with E-state index in [9.17, 15) is 24.3 Å². The Morgan fingerprint density at radius 1 is 0.451 bits per heavy atom. The second-order valence-electron chi connectivity index (χ2n) is 24.0. The van der Waals surface area contributed by atoms with Gasteiger partial charge in [-0.1, -0.05) is 121 Å². The fourth-order valence-corrected chi connectivity index (χ4v) is 15.1. The minimum Gasteiger partial charge on any atom is -0.507 e. The smallest absolute Gasteiger partial charge is 0.308 e. The van der Waals surface area contributed by atoms with Gasteiger partial charge in [-0.15, -0.1) is 0 Å². The van der Waals surface area contributed by atoms with Crippen LogP contribution in [0, 0.1) is 59.3 Å². The van der Waals surface area contributed by atoms with Crippen LogP contribution in [0.5, 0.6) is 17.2 Å². The molecule has 7 aromatic rings. The Morgan fingerprint density at radius 2 is 0.768 bits per heavy atom. The number of aromatic hydroxyl groups is 1. The molecule has 0 spiro atoms. The molecule has 10 nitrogen and oxygen atoms in total. The molecule has 82 heavy (non-hydrogen) atoms. The SMILES string of the molecule is COC1(C2Cc3cc(C)c(O)c(C)c3C2=O)Cc2ccccc2C1.COC1(C2Cc3cc(C)c(OC(C)=O)c(C)c3C2=O)Cc2ccccc2C1.COC1(C2Cc3cc(C)c(OCc4ccccc4)c(C)c3C2=O)Cc2ccccc2C1. The lowest BCUT2D eigenvalue weighted by molar-refractivity contribution is -0.132. The Morgan fingerprint density at radius 3 is 1.12 bits per heavy atom. The van der Waals surface area contributed by atoms with Crippen molar-refractivity contribution in [2.75, 3.05) is 21.3 Å². The second kappa shape index (κ2) is 22.0. The lowest BCUT2D eigenvalue weighted by atomic mass is 9.81. The van der Waals surface area contributed by atoms with E-state index in [0.717, 1.165) is 106 Å². The van der Waals surface area contributed by atoms with Gasteiger partial charge in [-0.2, -0.15) is 0 Å². The van der Waals surface area contributed by atoms with Crippen LogP contribution in [0.25, 0.3) is 0 Å². The van der Waals surface area contributed by atoms with Crippen molar-refractivity contribution >= 4 is 23.3 Å². The molecule has 0 fully saturated rings. The molecule has 3 unspecified atom stereocenters. The van der Waals surface area contributed by atoms with E-state index in [0.29, 0.717) is 41.9 Å². The van der Waals surface area contributed by atoms with E-state index in [1.807, 2.05) is 89.2 Å². The number of rotatable bonds is 10. The number of benzene rings is 7. The summed E-state index contributed by atoms with van der Waals surface area (Å²) in [6.45, 7) is 13.5. The van der Waals surface area contributed by atoms with E-state index in [1.54, 1.807) is 21.3 Å². The van der Waals surface area contributed by atoms with Gasteiger partial charge in [-0.25, -0.2) is 0 Å². The molecular weight excluding hydrogens is 1020 g/mol. The lowest BCUT2D eigenvalue weighted by Gasteiger charge is -2.33. The molecule has 7 aromatic carbocycles. The minimum absolute atomic E-state index is 0.102. The van der Waals surface area contributed by atoms with Gasteiger partial charge in [-0.05, 0) is 133 Å². The zero-order valence-corrected chi connectivity index (χ0v) is 49.0. The summed E-state index contributed by atoms with van der Waals surface area (Å²) in [5.41, 5.74) is 18.0. The van der Waals surface area contributed by atoms with Crippen LogP contribution >= 0.6 is 0 Å². The van der Waals surface area contributed by atoms with Crippen LogP contribution in [-0.4, -0.2) is 66.6 Å². The van der Waals surface area contributed by atoms with E-state index in [-0.39, 0.29) is 46.8 Å². The number of aryl methyl sites for hydroxylation is 3. The van der Waals surface area contributed by atoms with Gasteiger partial charge in [0, 0.05) is 100 Å². The lowest BCUT2D eigenvalue weighted by Crippen LogP contribution is -2.44. The highest BCUT2D eigenvalue weighted by Crippen LogP contribution is 2.50. The molecular formula is C72H74O10. The van der Waals surface area contributed by atoms with Crippen LogP contribution in [0.2, 0.25) is 0 Å². The highest BCUT2D eigenvalue weighted by Gasteiger charge is 2.54. The van der Waals surface area contributed by atoms with Crippen molar-refractivity contribution in [2.45, 2.75) is 130 Å². The fourth-order valence-electron chi connectivity index (χ4n) is 15.1. The third-order valence-corrected chi connectivity index (χ3v) is 19.2. The number of ether oxygens (including phenoxy) is 5. The first kappa shape index (κ1) is 56.4. The summed E-state index contributed by atoms with van der Waals surface area (Å²) in [6.07, 6.45) is 6.71. The van der Waals surface area contributed by atoms with Crippen molar-refractivity contribution in [3.63, 3.8) is 0 Å². The minimum atomic E-state index is -0.512. The number of phenols is 1. The first-order chi connectivity index (χ1) is 39.3. The molecule has 0 heterocycles. The molecule has 422 valence electrons. The normalized spacial score (nSPS) is 19.7. The van der Waals surface area contributed by atoms with Crippen LogP contribution in [-0.2, 0) is 83.4 Å². The third kappa shape index (κ3) is 9.70. The van der Waals surface area contributed by atoms with Crippen molar-refractivity contribution in [1.82, 2.24) is 0 Å². The number of methoxy groups -OCH3 is 3. The van der Waals surface area contributed by atoms with Gasteiger partial charge in [-0.3, -0.25) is 19.2 Å². The Balaban J connectivity index is 0.000000130. The molecule has 3 atom stereocenters. The molecule has 0 saturated carbocycles. The largest absolute Gasteiger partial charge is 0.507 e. The predicted octanol–water partition coefficient (Wildman–Crippen LogP) is 12.7. The third-order valence-electron chi connectivity index (χ3n) is 19.2. The van der Waals surface area contributed by atoms with Gasteiger partial charge in [0.15, 0.2) is 17.3 Å². The van der Waals surface area contributed by atoms with E-state index in [4.69, 9.17) is 23.7 Å². The zero-order chi connectivity index (χ0) is 58.0. The summed E-state index contributed by atoms with van der Waals surface area (Å²) < 4.78 is 29.7. The average Bonchev–Trinajstić information content (AvgIpc) is 4.13. The highest BCUT2D eigenvalue weighted by atomic mass is 16.5. The van der Waals surface area contributed by atoms with E-state index in [2.05, 4.69) is 73.7 Å². The molecule has 6 aliphatic carbocycles. The number of hydrogen-bond acceptors (Lipinski definition) is 10.